The third-order valence-electron chi connectivity index (χ3n) is 18.5. The van der Waals surface area contributed by atoms with E-state index in [4.69, 9.17) is 0 Å². The van der Waals surface area contributed by atoms with Crippen LogP contribution in [-0.2, 0) is 77.0 Å². The molecule has 2 aromatic carbocycles. The Labute approximate surface area is 410 Å². The van der Waals surface area contributed by atoms with Crippen molar-refractivity contribution in [1.82, 2.24) is 22.0 Å². The van der Waals surface area contributed by atoms with Crippen molar-refractivity contribution in [2.24, 2.45) is 0 Å². The van der Waals surface area contributed by atoms with Gasteiger partial charge in [-0.2, -0.15) is 0 Å². The van der Waals surface area contributed by atoms with Crippen LogP contribution in [-0.4, -0.2) is 36.1 Å². The number of aromatic nitrogens is 6. The Hall–Kier alpha value is -6.21. The smallest absolute Gasteiger partial charge is 0.264 e. The predicted molar refractivity (Wildman–Crippen MR) is 299 cm³/mol. The lowest BCUT2D eigenvalue weighted by Gasteiger charge is -2.23. The second-order valence-electron chi connectivity index (χ2n) is 21.1. The lowest BCUT2D eigenvalue weighted by molar-refractivity contribution is -0.446. The fourth-order valence-electron chi connectivity index (χ4n) is 16.2. The summed E-state index contributed by atoms with van der Waals surface area (Å²) in [4.78, 5) is 2.25. The van der Waals surface area contributed by atoms with Crippen LogP contribution in [0.4, 0.5) is 5.69 Å². The molecule has 7 nitrogen and oxygen atoms in total. The van der Waals surface area contributed by atoms with E-state index in [2.05, 4.69) is 153 Å². The highest BCUT2D eigenvalue weighted by Crippen LogP contribution is 2.55. The molecule has 0 aliphatic rings. The number of hydrogen-bond donors (Lipinski definition) is 0. The van der Waals surface area contributed by atoms with Crippen molar-refractivity contribution in [2.75, 3.05) is 19.0 Å². The van der Waals surface area contributed by atoms with Crippen molar-refractivity contribution >= 4 is 105 Å². The maximum Gasteiger partial charge on any atom is 0.264 e. The summed E-state index contributed by atoms with van der Waals surface area (Å²) in [6.07, 6.45) is 11.9. The van der Waals surface area contributed by atoms with Gasteiger partial charge >= 0.3 is 0 Å². The Balaban J connectivity index is 1.51. The van der Waals surface area contributed by atoms with Crippen molar-refractivity contribution in [3.63, 3.8) is 0 Å². The van der Waals surface area contributed by atoms with Gasteiger partial charge in [0.05, 0.1) is 60.7 Å². The van der Waals surface area contributed by atoms with E-state index < -0.39 is 0 Å². The highest BCUT2D eigenvalue weighted by molar-refractivity contribution is 6.29. The number of rotatable bonds is 14. The standard InChI is InChI=1S/C63H70N7/c1-15-33-35(17-3)48-50-37(19-5)39(21-7)52-54-41(23-9)43(25-11)56-57-44(26-12)42(24-10)55-53-40(22-8)38(20-6)51-49-36(18-4)34(16-2)47-45(31-27-29-32(30-28-31)64(13)14)46(33)65(48)58-59(66(47)49)61(68(51)53)63(70(55)57)62(69(54)56)60(58)67(50)52/h27-30H,15-26H2,1-14H3/q+1. The molecule has 0 saturated heterocycles. The lowest BCUT2D eigenvalue weighted by Crippen LogP contribution is -2.26. The van der Waals surface area contributed by atoms with E-state index in [1.165, 1.54) is 149 Å². The van der Waals surface area contributed by atoms with Gasteiger partial charge in [-0.05, 0) is 150 Å². The lowest BCUT2D eigenvalue weighted by atomic mass is 9.95. The molecular formula is C63H70N7+. The average molecular weight is 925 g/mol. The zero-order valence-corrected chi connectivity index (χ0v) is 44.4. The molecule has 0 unspecified atom stereocenters. The van der Waals surface area contributed by atoms with Crippen LogP contribution in [0.15, 0.2) is 24.3 Å². The third-order valence-corrected chi connectivity index (χ3v) is 18.5. The van der Waals surface area contributed by atoms with Crippen molar-refractivity contribution < 1.29 is 4.40 Å². The number of benzene rings is 2. The summed E-state index contributed by atoms with van der Waals surface area (Å²) in [7, 11) is 4.34. The first-order chi connectivity index (χ1) is 34.2. The van der Waals surface area contributed by atoms with E-state index in [0.29, 0.717) is 0 Å². The van der Waals surface area contributed by atoms with E-state index in [1.807, 2.05) is 0 Å². The summed E-state index contributed by atoms with van der Waals surface area (Å²) in [6, 6.07) is 9.64. The molecule has 0 aliphatic carbocycles. The summed E-state index contributed by atoms with van der Waals surface area (Å²) >= 11 is 0. The molecule has 0 spiro atoms. The van der Waals surface area contributed by atoms with E-state index in [9.17, 15) is 0 Å². The highest BCUT2D eigenvalue weighted by atomic mass is 15.2. The first-order valence-electron chi connectivity index (χ1n) is 27.7. The van der Waals surface area contributed by atoms with Gasteiger partial charge in [0.25, 0.3) is 5.52 Å². The van der Waals surface area contributed by atoms with Crippen LogP contribution in [0.2, 0.25) is 0 Å². The minimum absolute atomic E-state index is 0.968. The number of nitrogens with zero attached hydrogens (tertiary/aromatic N) is 7. The normalized spacial score (nSPS) is 13.4. The summed E-state index contributed by atoms with van der Waals surface area (Å²) in [5.74, 6) is 0. The van der Waals surface area contributed by atoms with Crippen molar-refractivity contribution in [3.8, 4) is 11.1 Å². The number of hydrogen-bond acceptors (Lipinski definition) is 1. The van der Waals surface area contributed by atoms with Crippen molar-refractivity contribution in [3.05, 3.63) is 91.0 Å². The van der Waals surface area contributed by atoms with Crippen LogP contribution in [0.1, 0.15) is 150 Å². The van der Waals surface area contributed by atoms with Gasteiger partial charge < -0.3 is 18.1 Å². The second-order valence-corrected chi connectivity index (χ2v) is 21.1. The Morgan fingerprint density at radius 2 is 0.557 bits per heavy atom. The monoisotopic (exact) mass is 925 g/mol. The van der Waals surface area contributed by atoms with Gasteiger partial charge in [-0.15, -0.1) is 4.40 Å². The maximum atomic E-state index is 2.91. The van der Waals surface area contributed by atoms with Gasteiger partial charge in [0.2, 0.25) is 11.0 Å². The Morgan fingerprint density at radius 3 is 0.886 bits per heavy atom. The minimum Gasteiger partial charge on any atom is -0.378 e. The zero-order chi connectivity index (χ0) is 48.4. The minimum atomic E-state index is 0.968. The predicted octanol–water partition coefficient (Wildman–Crippen LogP) is 14.7. The summed E-state index contributed by atoms with van der Waals surface area (Å²) in [5, 5.41) is 0. The molecule has 0 N–H and O–H groups in total. The SMILES string of the molecule is CCc1c(CC)c2c3c(CC)c(CC)c4c5c(CC)c(CC)c6c7c(CC)c(CC)c8c9c(CC)c(CC)c%10c%11c(CC)c(CC)c%12c(-c%13ccc(N(C)C)cc%13)c1n2c1c(c(c(c(c1[n+]%12%11)n9%10)n78)n56)n34. The molecule has 12 heterocycles. The Kier molecular flexibility index (Phi) is 8.67. The number of aryl methyl sites for hydroxylation is 12. The Morgan fingerprint density at radius 1 is 0.286 bits per heavy atom. The summed E-state index contributed by atoms with van der Waals surface area (Å²) < 4.78 is 17.4. The van der Waals surface area contributed by atoms with Crippen molar-refractivity contribution in [2.45, 2.75) is 160 Å². The second kappa shape index (κ2) is 14.2. The molecule has 356 valence electrons. The fraction of sp³-hybridized carbons (Fsp3) is 0.413. The molecule has 14 rings (SSSR count). The number of fused-ring (bicyclic) bond motifs is 5. The van der Waals surface area contributed by atoms with E-state index in [1.54, 1.807) is 33.4 Å². The quantitative estimate of drug-likeness (QED) is 0.0607. The molecule has 0 radical (unpaired) electrons. The van der Waals surface area contributed by atoms with Gasteiger partial charge in [-0.25, -0.2) is 0 Å². The van der Waals surface area contributed by atoms with Crippen LogP contribution >= 0.6 is 0 Å². The number of anilines is 1. The van der Waals surface area contributed by atoms with Crippen molar-refractivity contribution in [1.29, 1.82) is 0 Å². The van der Waals surface area contributed by atoms with Crippen LogP contribution < -0.4 is 9.30 Å². The molecule has 0 bridgehead atoms. The molecule has 0 amide bonds. The van der Waals surface area contributed by atoms with E-state index >= 15 is 0 Å². The third kappa shape index (κ3) is 4.25. The van der Waals surface area contributed by atoms with Crippen LogP contribution in [0.3, 0.4) is 0 Å². The van der Waals surface area contributed by atoms with Gasteiger partial charge in [-0.1, -0.05) is 95.2 Å². The molecule has 0 aliphatic heterocycles. The van der Waals surface area contributed by atoms with Gasteiger partial charge in [0.15, 0.2) is 0 Å². The first kappa shape index (κ1) is 42.7. The topological polar surface area (TPSA) is 29.4 Å². The van der Waals surface area contributed by atoms with Crippen LogP contribution in [0.25, 0.3) is 110 Å². The fourth-order valence-corrected chi connectivity index (χ4v) is 16.2. The van der Waals surface area contributed by atoms with E-state index in [-0.39, 0.29) is 0 Å². The maximum absolute atomic E-state index is 2.91. The largest absolute Gasteiger partial charge is 0.378 e. The van der Waals surface area contributed by atoms with Gasteiger partial charge in [0.1, 0.15) is 27.6 Å². The van der Waals surface area contributed by atoms with Gasteiger partial charge in [0, 0.05) is 30.9 Å². The van der Waals surface area contributed by atoms with Crippen LogP contribution in [0.5, 0.6) is 0 Å². The zero-order valence-electron chi connectivity index (χ0n) is 44.4. The van der Waals surface area contributed by atoms with Crippen LogP contribution in [0, 0.1) is 0 Å². The average Bonchev–Trinajstić information content (AvgIpc) is 4.20. The van der Waals surface area contributed by atoms with E-state index in [0.717, 1.165) is 77.0 Å². The Bertz CT molecular complexity index is 4130. The molecule has 0 saturated carbocycles. The summed E-state index contributed by atoms with van der Waals surface area (Å²) in [6.45, 7) is 29.3. The molecule has 14 aromatic rings. The first-order valence-corrected chi connectivity index (χ1v) is 27.7. The highest BCUT2D eigenvalue weighted by Gasteiger charge is 2.44. The molecule has 12 aromatic heterocycles. The summed E-state index contributed by atoms with van der Waals surface area (Å²) in [5.41, 5.74) is 48.2. The molecule has 0 fully saturated rings. The molecule has 7 heteroatoms. The van der Waals surface area contributed by atoms with Gasteiger partial charge in [-0.3, -0.25) is 8.80 Å². The molecular weight excluding hydrogens is 855 g/mol. The molecule has 0 atom stereocenters. The molecule has 70 heavy (non-hydrogen) atoms.